The number of aromatic nitrogens is 2. The lowest BCUT2D eigenvalue weighted by Gasteiger charge is -2.03. The van der Waals surface area contributed by atoms with Gasteiger partial charge in [0.1, 0.15) is 0 Å². The van der Waals surface area contributed by atoms with Crippen molar-refractivity contribution in [3.63, 3.8) is 0 Å². The van der Waals surface area contributed by atoms with E-state index in [1.807, 2.05) is 0 Å². The Kier molecular flexibility index (Phi) is 2.85. The molecule has 4 nitrogen and oxygen atoms in total. The lowest BCUT2D eigenvalue weighted by atomic mass is 10.2. The van der Waals surface area contributed by atoms with Crippen molar-refractivity contribution in [2.75, 3.05) is 5.73 Å². The third-order valence-corrected chi connectivity index (χ3v) is 2.42. The minimum atomic E-state index is -0.436. The number of H-pyrrole nitrogens is 1. The van der Waals surface area contributed by atoms with E-state index in [0.29, 0.717) is 21.3 Å². The zero-order chi connectivity index (χ0) is 11.7. The first-order valence-electron chi connectivity index (χ1n) is 4.37. The first kappa shape index (κ1) is 11.0. The number of anilines is 1. The molecule has 0 saturated carbocycles. The van der Waals surface area contributed by atoms with Crippen molar-refractivity contribution < 1.29 is 0 Å². The second-order valence-corrected chi connectivity index (χ2v) is 4.04. The molecule has 0 saturated heterocycles. The molecule has 0 spiro atoms. The van der Waals surface area contributed by atoms with Crippen LogP contribution in [0.5, 0.6) is 0 Å². The maximum absolute atomic E-state index is 11.3. The number of nitrogens with two attached hydrogens (primary N) is 1. The molecule has 0 aliphatic rings. The fourth-order valence-electron chi connectivity index (χ4n) is 1.27. The first-order valence-corrected chi connectivity index (χ1v) is 5.13. The number of benzene rings is 1. The van der Waals surface area contributed by atoms with Gasteiger partial charge in [0.2, 0.25) is 0 Å². The van der Waals surface area contributed by atoms with Gasteiger partial charge >= 0.3 is 0 Å². The molecule has 0 unspecified atom stereocenters. The Hall–Kier alpha value is -1.52. The number of halogens is 2. The molecule has 0 aliphatic heterocycles. The van der Waals surface area contributed by atoms with Crippen LogP contribution >= 0.6 is 23.2 Å². The van der Waals surface area contributed by atoms with Gasteiger partial charge in [-0.2, -0.15) is 0 Å². The smallest absolute Gasteiger partial charge is 0.290 e. The van der Waals surface area contributed by atoms with Gasteiger partial charge < -0.3 is 10.7 Å². The molecule has 1 heterocycles. The Morgan fingerprint density at radius 3 is 2.38 bits per heavy atom. The third kappa shape index (κ3) is 2.18. The van der Waals surface area contributed by atoms with Gasteiger partial charge in [0.25, 0.3) is 5.56 Å². The topological polar surface area (TPSA) is 71.8 Å². The van der Waals surface area contributed by atoms with Crippen LogP contribution in [-0.4, -0.2) is 9.97 Å². The van der Waals surface area contributed by atoms with Crippen molar-refractivity contribution in [1.82, 2.24) is 9.97 Å². The van der Waals surface area contributed by atoms with E-state index < -0.39 is 5.56 Å². The summed E-state index contributed by atoms with van der Waals surface area (Å²) in [5.41, 5.74) is 6.08. The number of rotatable bonds is 1. The highest BCUT2D eigenvalue weighted by Gasteiger charge is 2.04. The zero-order valence-corrected chi connectivity index (χ0v) is 9.51. The maximum Gasteiger partial charge on any atom is 0.290 e. The first-order chi connectivity index (χ1) is 7.56. The zero-order valence-electron chi connectivity index (χ0n) is 8.00. The van der Waals surface area contributed by atoms with E-state index in [9.17, 15) is 4.79 Å². The molecule has 2 rings (SSSR count). The standard InChI is InChI=1S/C10H7Cl2N3O/c11-6-1-5(2-7(12)3-6)8-4-14-9(13)10(16)15-8/h1-4H,(H2,13,14)(H,15,16). The molecule has 1 aromatic carbocycles. The van der Waals surface area contributed by atoms with E-state index in [4.69, 9.17) is 28.9 Å². The summed E-state index contributed by atoms with van der Waals surface area (Å²) in [6.45, 7) is 0. The molecule has 3 N–H and O–H groups in total. The van der Waals surface area contributed by atoms with Gasteiger partial charge in [0, 0.05) is 15.6 Å². The summed E-state index contributed by atoms with van der Waals surface area (Å²) in [5.74, 6) is -0.0723. The second kappa shape index (κ2) is 4.15. The van der Waals surface area contributed by atoms with E-state index >= 15 is 0 Å². The average molecular weight is 256 g/mol. The summed E-state index contributed by atoms with van der Waals surface area (Å²) in [6, 6.07) is 4.96. The summed E-state index contributed by atoms with van der Waals surface area (Å²) in [7, 11) is 0. The highest BCUT2D eigenvalue weighted by Crippen LogP contribution is 2.25. The fraction of sp³-hybridized carbons (Fsp3) is 0. The molecule has 16 heavy (non-hydrogen) atoms. The van der Waals surface area contributed by atoms with Crippen LogP contribution in [0.3, 0.4) is 0 Å². The molecule has 0 bridgehead atoms. The van der Waals surface area contributed by atoms with Crippen LogP contribution in [0.25, 0.3) is 11.3 Å². The molecule has 2 aromatic rings. The minimum absolute atomic E-state index is 0.0723. The van der Waals surface area contributed by atoms with Crippen LogP contribution < -0.4 is 11.3 Å². The molecule has 6 heteroatoms. The van der Waals surface area contributed by atoms with Crippen LogP contribution in [0.15, 0.2) is 29.2 Å². The van der Waals surface area contributed by atoms with Gasteiger partial charge in [0.15, 0.2) is 5.82 Å². The number of nitrogens with zero attached hydrogens (tertiary/aromatic N) is 1. The predicted octanol–water partition coefficient (Wildman–Crippen LogP) is 2.33. The lowest BCUT2D eigenvalue weighted by Crippen LogP contribution is -2.13. The van der Waals surface area contributed by atoms with Crippen LogP contribution in [0.4, 0.5) is 5.82 Å². The normalized spacial score (nSPS) is 10.4. The summed E-state index contributed by atoms with van der Waals surface area (Å²) < 4.78 is 0. The third-order valence-electron chi connectivity index (χ3n) is 1.99. The quantitative estimate of drug-likeness (QED) is 0.822. The van der Waals surface area contributed by atoms with Crippen molar-refractivity contribution in [3.05, 3.63) is 44.8 Å². The predicted molar refractivity (Wildman–Crippen MR) is 64.7 cm³/mol. The largest absolute Gasteiger partial charge is 0.379 e. The fourth-order valence-corrected chi connectivity index (χ4v) is 1.79. The average Bonchev–Trinajstić information content (AvgIpc) is 2.20. The number of nitrogens with one attached hydrogen (secondary N) is 1. The summed E-state index contributed by atoms with van der Waals surface area (Å²) in [5, 5.41) is 0.973. The van der Waals surface area contributed by atoms with Crippen molar-refractivity contribution in [1.29, 1.82) is 0 Å². The maximum atomic E-state index is 11.3. The Balaban J connectivity index is 2.58. The number of hydrogen-bond donors (Lipinski definition) is 2. The molecular formula is C10H7Cl2N3O. The monoisotopic (exact) mass is 255 g/mol. The minimum Gasteiger partial charge on any atom is -0.379 e. The van der Waals surface area contributed by atoms with Crippen LogP contribution in [0.1, 0.15) is 0 Å². The summed E-state index contributed by atoms with van der Waals surface area (Å²) >= 11 is 11.7. The highest BCUT2D eigenvalue weighted by molar-refractivity contribution is 6.35. The Morgan fingerprint density at radius 2 is 1.81 bits per heavy atom. The van der Waals surface area contributed by atoms with Crippen LogP contribution in [-0.2, 0) is 0 Å². The lowest BCUT2D eigenvalue weighted by molar-refractivity contribution is 1.16. The second-order valence-electron chi connectivity index (χ2n) is 3.17. The number of hydrogen-bond acceptors (Lipinski definition) is 3. The Morgan fingerprint density at radius 1 is 1.19 bits per heavy atom. The number of aromatic amines is 1. The van der Waals surface area contributed by atoms with Gasteiger partial charge in [0.05, 0.1) is 11.9 Å². The van der Waals surface area contributed by atoms with Gasteiger partial charge in [-0.15, -0.1) is 0 Å². The van der Waals surface area contributed by atoms with E-state index in [2.05, 4.69) is 9.97 Å². The van der Waals surface area contributed by atoms with Crippen molar-refractivity contribution in [2.24, 2.45) is 0 Å². The molecular weight excluding hydrogens is 249 g/mol. The summed E-state index contributed by atoms with van der Waals surface area (Å²) in [4.78, 5) is 17.6. The van der Waals surface area contributed by atoms with E-state index in [1.54, 1.807) is 18.2 Å². The van der Waals surface area contributed by atoms with Crippen molar-refractivity contribution >= 4 is 29.0 Å². The van der Waals surface area contributed by atoms with Gasteiger partial charge in [-0.25, -0.2) is 4.98 Å². The molecule has 0 fully saturated rings. The summed E-state index contributed by atoms with van der Waals surface area (Å²) in [6.07, 6.45) is 1.46. The van der Waals surface area contributed by atoms with Gasteiger partial charge in [-0.05, 0) is 18.2 Å². The SMILES string of the molecule is Nc1ncc(-c2cc(Cl)cc(Cl)c2)[nH]c1=O. The van der Waals surface area contributed by atoms with E-state index in [0.717, 1.165) is 0 Å². The van der Waals surface area contributed by atoms with Crippen molar-refractivity contribution in [2.45, 2.75) is 0 Å². The molecule has 82 valence electrons. The highest BCUT2D eigenvalue weighted by atomic mass is 35.5. The molecule has 0 aliphatic carbocycles. The molecule has 0 radical (unpaired) electrons. The molecule has 0 atom stereocenters. The van der Waals surface area contributed by atoms with E-state index in [1.165, 1.54) is 6.20 Å². The molecule has 1 aromatic heterocycles. The number of nitrogen functional groups attached to an aromatic ring is 1. The Labute approximate surface area is 101 Å². The molecule has 0 amide bonds. The van der Waals surface area contributed by atoms with Gasteiger partial charge in [-0.1, -0.05) is 23.2 Å². The van der Waals surface area contributed by atoms with Gasteiger partial charge in [-0.3, -0.25) is 4.79 Å². The van der Waals surface area contributed by atoms with Crippen molar-refractivity contribution in [3.8, 4) is 11.3 Å². The van der Waals surface area contributed by atoms with Crippen LogP contribution in [0, 0.1) is 0 Å². The Bertz CT molecular complexity index is 575. The van der Waals surface area contributed by atoms with E-state index in [-0.39, 0.29) is 5.82 Å². The van der Waals surface area contributed by atoms with Crippen LogP contribution in [0.2, 0.25) is 10.0 Å².